The van der Waals surface area contributed by atoms with Gasteiger partial charge in [0.25, 0.3) is 0 Å². The second-order valence-electron chi connectivity index (χ2n) is 4.23. The van der Waals surface area contributed by atoms with Crippen LogP contribution < -0.4 is 5.32 Å². The molecule has 0 amide bonds. The Morgan fingerprint density at radius 3 is 2.75 bits per heavy atom. The molecule has 0 spiro atoms. The third-order valence-electron chi connectivity index (χ3n) is 2.95. The summed E-state index contributed by atoms with van der Waals surface area (Å²) in [5.74, 6) is -1.98. The van der Waals surface area contributed by atoms with E-state index >= 15 is 0 Å². The molecule has 1 saturated heterocycles. The van der Waals surface area contributed by atoms with Gasteiger partial charge in [-0.25, -0.2) is 4.39 Å². The standard InChI is InChI=1S/C12H12F2N2O4/c13-8-6(12-18-3-4-19-12)5-7-10(9(8)14)20-16-11(7)15-1-2-17/h5,12,17H,1-4H2,(H,15,16). The second-order valence-corrected chi connectivity index (χ2v) is 4.23. The number of halogens is 2. The summed E-state index contributed by atoms with van der Waals surface area (Å²) in [6.45, 7) is 0.734. The van der Waals surface area contributed by atoms with E-state index in [4.69, 9.17) is 19.1 Å². The topological polar surface area (TPSA) is 76.8 Å². The van der Waals surface area contributed by atoms with Crippen LogP contribution in [0.1, 0.15) is 11.9 Å². The number of rotatable bonds is 4. The van der Waals surface area contributed by atoms with Crippen LogP contribution in [-0.4, -0.2) is 36.6 Å². The summed E-state index contributed by atoms with van der Waals surface area (Å²) in [6, 6.07) is 1.37. The largest absolute Gasteiger partial charge is 0.395 e. The first kappa shape index (κ1) is 13.2. The van der Waals surface area contributed by atoms with E-state index in [-0.39, 0.29) is 35.5 Å². The van der Waals surface area contributed by atoms with Crippen LogP contribution in [0.5, 0.6) is 0 Å². The Hall–Kier alpha value is -1.77. The molecule has 1 fully saturated rings. The molecule has 2 aromatic rings. The van der Waals surface area contributed by atoms with Crippen LogP contribution in [0.25, 0.3) is 11.0 Å². The van der Waals surface area contributed by atoms with Gasteiger partial charge in [0.2, 0.25) is 11.4 Å². The van der Waals surface area contributed by atoms with E-state index in [9.17, 15) is 8.78 Å². The molecule has 8 heteroatoms. The molecule has 2 heterocycles. The zero-order chi connectivity index (χ0) is 14.1. The van der Waals surface area contributed by atoms with Crippen molar-refractivity contribution in [1.82, 2.24) is 5.16 Å². The molecule has 1 aliphatic heterocycles. The molecule has 0 atom stereocenters. The van der Waals surface area contributed by atoms with Crippen LogP contribution in [0.4, 0.5) is 14.6 Å². The maximum absolute atomic E-state index is 14.0. The van der Waals surface area contributed by atoms with Gasteiger partial charge in [-0.1, -0.05) is 5.16 Å². The van der Waals surface area contributed by atoms with Gasteiger partial charge in [-0.2, -0.15) is 4.39 Å². The van der Waals surface area contributed by atoms with E-state index in [1.54, 1.807) is 0 Å². The summed E-state index contributed by atoms with van der Waals surface area (Å²) in [7, 11) is 0. The van der Waals surface area contributed by atoms with Gasteiger partial charge >= 0.3 is 0 Å². The van der Waals surface area contributed by atoms with Crippen LogP contribution in [0.3, 0.4) is 0 Å². The molecule has 2 N–H and O–H groups in total. The molecule has 20 heavy (non-hydrogen) atoms. The highest BCUT2D eigenvalue weighted by atomic mass is 19.2. The zero-order valence-corrected chi connectivity index (χ0v) is 10.4. The maximum Gasteiger partial charge on any atom is 0.207 e. The highest BCUT2D eigenvalue weighted by molar-refractivity contribution is 5.89. The van der Waals surface area contributed by atoms with Crippen molar-refractivity contribution in [2.75, 3.05) is 31.7 Å². The molecule has 1 aromatic heterocycles. The smallest absolute Gasteiger partial charge is 0.207 e. The first-order chi connectivity index (χ1) is 9.72. The summed E-state index contributed by atoms with van der Waals surface area (Å²) >= 11 is 0. The van der Waals surface area contributed by atoms with E-state index in [0.29, 0.717) is 13.2 Å². The quantitative estimate of drug-likeness (QED) is 0.888. The van der Waals surface area contributed by atoms with Crippen molar-refractivity contribution in [2.24, 2.45) is 0 Å². The molecule has 1 aliphatic rings. The van der Waals surface area contributed by atoms with Crippen LogP contribution in [-0.2, 0) is 9.47 Å². The number of anilines is 1. The van der Waals surface area contributed by atoms with E-state index in [0.717, 1.165) is 0 Å². The average molecular weight is 286 g/mol. The minimum atomic E-state index is -1.14. The first-order valence-corrected chi connectivity index (χ1v) is 6.07. The molecular formula is C12H12F2N2O4. The minimum absolute atomic E-state index is 0.0391. The molecule has 0 aliphatic carbocycles. The number of fused-ring (bicyclic) bond motifs is 1. The van der Waals surface area contributed by atoms with Gasteiger partial charge in [-0.15, -0.1) is 0 Å². The number of benzene rings is 1. The van der Waals surface area contributed by atoms with Crippen LogP contribution in [0.15, 0.2) is 10.6 Å². The SMILES string of the molecule is OCCNc1noc2c(F)c(F)c(C3OCCO3)cc12. The summed E-state index contributed by atoms with van der Waals surface area (Å²) < 4.78 is 43.1. The number of nitrogens with one attached hydrogen (secondary N) is 1. The molecular weight excluding hydrogens is 274 g/mol. The van der Waals surface area contributed by atoms with Gasteiger partial charge in [-0.05, 0) is 6.07 Å². The lowest BCUT2D eigenvalue weighted by molar-refractivity contribution is -0.0467. The monoisotopic (exact) mass is 286 g/mol. The lowest BCUT2D eigenvalue weighted by Gasteiger charge is -2.11. The van der Waals surface area contributed by atoms with Gasteiger partial charge < -0.3 is 24.4 Å². The molecule has 0 bridgehead atoms. The van der Waals surface area contributed by atoms with Crippen molar-refractivity contribution in [3.8, 4) is 0 Å². The Bertz CT molecular complexity index is 625. The number of hydrogen-bond donors (Lipinski definition) is 2. The number of ether oxygens (including phenoxy) is 2. The molecule has 1 aromatic carbocycles. The number of aliphatic hydroxyl groups is 1. The summed E-state index contributed by atoms with van der Waals surface area (Å²) in [5.41, 5.74) is -0.326. The van der Waals surface area contributed by atoms with Crippen molar-refractivity contribution in [3.05, 3.63) is 23.3 Å². The van der Waals surface area contributed by atoms with Gasteiger partial charge in [0.1, 0.15) is 0 Å². The Labute approximate surface area is 112 Å². The van der Waals surface area contributed by atoms with Crippen molar-refractivity contribution in [3.63, 3.8) is 0 Å². The highest BCUT2D eigenvalue weighted by Gasteiger charge is 2.28. The molecule has 108 valence electrons. The fourth-order valence-electron chi connectivity index (χ4n) is 2.05. The molecule has 3 rings (SSSR count). The van der Waals surface area contributed by atoms with E-state index in [1.807, 2.05) is 0 Å². The molecule has 6 nitrogen and oxygen atoms in total. The molecule has 0 saturated carbocycles. The maximum atomic E-state index is 14.0. The Morgan fingerprint density at radius 1 is 1.30 bits per heavy atom. The summed E-state index contributed by atoms with van der Waals surface area (Å²) in [4.78, 5) is 0. The predicted molar refractivity (Wildman–Crippen MR) is 64.1 cm³/mol. The van der Waals surface area contributed by atoms with E-state index < -0.39 is 17.9 Å². The third kappa shape index (κ3) is 2.11. The fourth-order valence-corrected chi connectivity index (χ4v) is 2.05. The Balaban J connectivity index is 2.08. The normalized spacial score (nSPS) is 16.1. The number of aromatic nitrogens is 1. The first-order valence-electron chi connectivity index (χ1n) is 6.07. The van der Waals surface area contributed by atoms with Crippen molar-refractivity contribution in [1.29, 1.82) is 0 Å². The Morgan fingerprint density at radius 2 is 2.05 bits per heavy atom. The summed E-state index contributed by atoms with van der Waals surface area (Å²) in [6.07, 6.45) is -0.936. The zero-order valence-electron chi connectivity index (χ0n) is 10.4. The fraction of sp³-hybridized carbons (Fsp3) is 0.417. The third-order valence-corrected chi connectivity index (χ3v) is 2.95. The number of hydrogen-bond acceptors (Lipinski definition) is 6. The van der Waals surface area contributed by atoms with Gasteiger partial charge in [-0.3, -0.25) is 0 Å². The van der Waals surface area contributed by atoms with Crippen LogP contribution in [0.2, 0.25) is 0 Å². The predicted octanol–water partition coefficient (Wildman–Crippen LogP) is 1.56. The van der Waals surface area contributed by atoms with Gasteiger partial charge in [0.15, 0.2) is 17.9 Å². The molecule has 0 radical (unpaired) electrons. The van der Waals surface area contributed by atoms with E-state index in [2.05, 4.69) is 10.5 Å². The van der Waals surface area contributed by atoms with Crippen LogP contribution >= 0.6 is 0 Å². The second kappa shape index (κ2) is 5.31. The van der Waals surface area contributed by atoms with Gasteiger partial charge in [0.05, 0.1) is 25.2 Å². The molecule has 0 unspecified atom stereocenters. The van der Waals surface area contributed by atoms with Gasteiger partial charge in [0, 0.05) is 12.1 Å². The number of nitrogens with zero attached hydrogens (tertiary/aromatic N) is 1. The van der Waals surface area contributed by atoms with Crippen molar-refractivity contribution < 1.29 is 27.9 Å². The minimum Gasteiger partial charge on any atom is -0.395 e. The lowest BCUT2D eigenvalue weighted by atomic mass is 10.1. The van der Waals surface area contributed by atoms with E-state index in [1.165, 1.54) is 6.07 Å². The number of aliphatic hydroxyl groups excluding tert-OH is 1. The van der Waals surface area contributed by atoms with Crippen LogP contribution in [0, 0.1) is 11.6 Å². The summed E-state index contributed by atoms with van der Waals surface area (Å²) in [5, 5.41) is 15.4. The lowest BCUT2D eigenvalue weighted by Crippen LogP contribution is -2.07. The average Bonchev–Trinajstić information content (AvgIpc) is 3.09. The Kier molecular flexibility index (Phi) is 3.51. The highest BCUT2D eigenvalue weighted by Crippen LogP contribution is 2.34. The van der Waals surface area contributed by atoms with Crippen molar-refractivity contribution in [2.45, 2.75) is 6.29 Å². The van der Waals surface area contributed by atoms with Crippen molar-refractivity contribution >= 4 is 16.8 Å².